The maximum absolute atomic E-state index is 13.2. The molecule has 0 spiro atoms. The van der Waals surface area contributed by atoms with E-state index in [2.05, 4.69) is 16.8 Å². The van der Waals surface area contributed by atoms with Crippen molar-refractivity contribution in [2.24, 2.45) is 5.92 Å². The van der Waals surface area contributed by atoms with Gasteiger partial charge in [-0.25, -0.2) is 9.37 Å². The van der Waals surface area contributed by atoms with Gasteiger partial charge in [0.05, 0.1) is 29.9 Å². The number of piperidine rings is 1. The molecule has 0 unspecified atom stereocenters. The Balaban J connectivity index is 1.70. The molecule has 0 saturated carbocycles. The maximum atomic E-state index is 13.2. The number of hydrogen-bond acceptors (Lipinski definition) is 4. The summed E-state index contributed by atoms with van der Waals surface area (Å²) < 4.78 is 14.6. The number of β-amino-alcohol motifs (C(OH)–C–C–N with tert-alkyl or cyclic N) is 1. The predicted molar refractivity (Wildman–Crippen MR) is 86.8 cm³/mol. The van der Waals surface area contributed by atoms with Crippen LogP contribution in [0.5, 0.6) is 0 Å². The first-order valence-electron chi connectivity index (χ1n) is 8.08. The van der Waals surface area contributed by atoms with Crippen LogP contribution in [0.1, 0.15) is 19.8 Å². The Kier molecular flexibility index (Phi) is 4.73. The maximum Gasteiger partial charge on any atom is 0.261 e. The van der Waals surface area contributed by atoms with Crippen LogP contribution in [-0.4, -0.2) is 45.3 Å². The van der Waals surface area contributed by atoms with Gasteiger partial charge in [-0.3, -0.25) is 9.36 Å². The predicted octanol–water partition coefficient (Wildman–Crippen LogP) is 1.63. The van der Waals surface area contributed by atoms with Crippen molar-refractivity contribution in [1.82, 2.24) is 14.5 Å². The van der Waals surface area contributed by atoms with Gasteiger partial charge in [0.2, 0.25) is 0 Å². The van der Waals surface area contributed by atoms with Crippen LogP contribution in [0.3, 0.4) is 0 Å². The highest BCUT2D eigenvalue weighted by molar-refractivity contribution is 5.77. The molecule has 124 valence electrons. The fourth-order valence-electron chi connectivity index (χ4n) is 3.09. The molecule has 2 heterocycles. The molecular formula is C17H22FN3O2. The molecule has 1 aliphatic heterocycles. The average Bonchev–Trinajstić information content (AvgIpc) is 2.52. The third-order valence-corrected chi connectivity index (χ3v) is 4.54. The molecule has 1 aromatic heterocycles. The van der Waals surface area contributed by atoms with E-state index in [9.17, 15) is 14.3 Å². The number of hydrogen-bond donors (Lipinski definition) is 1. The molecule has 5 nitrogen and oxygen atoms in total. The zero-order valence-electron chi connectivity index (χ0n) is 13.3. The number of benzene rings is 1. The molecule has 0 amide bonds. The number of fused-ring (bicyclic) bond motifs is 1. The molecule has 1 fully saturated rings. The van der Waals surface area contributed by atoms with Gasteiger partial charge in [0.15, 0.2) is 0 Å². The Morgan fingerprint density at radius 3 is 2.83 bits per heavy atom. The van der Waals surface area contributed by atoms with E-state index in [4.69, 9.17) is 0 Å². The third kappa shape index (κ3) is 3.76. The minimum atomic E-state index is -0.624. The number of aliphatic hydroxyl groups is 1. The monoisotopic (exact) mass is 319 g/mol. The van der Waals surface area contributed by atoms with Crippen molar-refractivity contribution in [1.29, 1.82) is 0 Å². The van der Waals surface area contributed by atoms with Crippen molar-refractivity contribution in [3.05, 3.63) is 40.7 Å². The third-order valence-electron chi connectivity index (χ3n) is 4.54. The Hall–Kier alpha value is -1.79. The molecule has 6 heteroatoms. The number of likely N-dealkylation sites (tertiary alicyclic amines) is 1. The Labute approximate surface area is 134 Å². The Bertz CT molecular complexity index is 738. The van der Waals surface area contributed by atoms with Gasteiger partial charge in [0, 0.05) is 12.6 Å². The van der Waals surface area contributed by atoms with Crippen molar-refractivity contribution in [3.8, 4) is 0 Å². The Morgan fingerprint density at radius 1 is 1.35 bits per heavy atom. The zero-order valence-corrected chi connectivity index (χ0v) is 13.3. The van der Waals surface area contributed by atoms with E-state index in [1.54, 1.807) is 0 Å². The quantitative estimate of drug-likeness (QED) is 0.930. The molecule has 2 aromatic rings. The molecular weight excluding hydrogens is 297 g/mol. The lowest BCUT2D eigenvalue weighted by molar-refractivity contribution is 0.0794. The summed E-state index contributed by atoms with van der Waals surface area (Å²) >= 11 is 0. The van der Waals surface area contributed by atoms with Crippen LogP contribution in [0.25, 0.3) is 10.9 Å². The van der Waals surface area contributed by atoms with Gasteiger partial charge in [0.1, 0.15) is 5.82 Å². The van der Waals surface area contributed by atoms with Crippen LogP contribution in [0.4, 0.5) is 4.39 Å². The largest absolute Gasteiger partial charge is 0.390 e. The van der Waals surface area contributed by atoms with Gasteiger partial charge in [-0.2, -0.15) is 0 Å². The molecule has 1 atom stereocenters. The van der Waals surface area contributed by atoms with Crippen molar-refractivity contribution >= 4 is 10.9 Å². The van der Waals surface area contributed by atoms with Gasteiger partial charge < -0.3 is 10.0 Å². The van der Waals surface area contributed by atoms with Crippen molar-refractivity contribution < 1.29 is 9.50 Å². The van der Waals surface area contributed by atoms with Crippen LogP contribution in [0, 0.1) is 11.7 Å². The van der Waals surface area contributed by atoms with Gasteiger partial charge in [0.25, 0.3) is 5.56 Å². The van der Waals surface area contributed by atoms with Crippen molar-refractivity contribution in [2.75, 3.05) is 19.6 Å². The molecule has 0 bridgehead atoms. The first kappa shape index (κ1) is 16.1. The SMILES string of the molecule is CC1CCN(C[C@@H](O)Cn2cnc3cc(F)ccc3c2=O)CC1. The molecule has 0 aliphatic carbocycles. The van der Waals surface area contributed by atoms with Gasteiger partial charge in [-0.15, -0.1) is 0 Å². The summed E-state index contributed by atoms with van der Waals surface area (Å²) in [6.07, 6.45) is 3.05. The average molecular weight is 319 g/mol. The summed E-state index contributed by atoms with van der Waals surface area (Å²) in [5.41, 5.74) is 0.0899. The normalized spacial score (nSPS) is 18.4. The standard InChI is InChI=1S/C17H22FN3O2/c1-12-4-6-20(7-5-12)9-14(22)10-21-11-19-16-8-13(18)2-3-15(16)17(21)23/h2-3,8,11-12,14,22H,4-7,9-10H2,1H3/t14-/m1/s1. The molecule has 1 aromatic carbocycles. The second-order valence-corrected chi connectivity index (χ2v) is 6.50. The highest BCUT2D eigenvalue weighted by Gasteiger charge is 2.19. The number of halogens is 1. The smallest absolute Gasteiger partial charge is 0.261 e. The lowest BCUT2D eigenvalue weighted by atomic mass is 9.99. The van der Waals surface area contributed by atoms with Crippen LogP contribution < -0.4 is 5.56 Å². The van der Waals surface area contributed by atoms with Gasteiger partial charge in [-0.1, -0.05) is 6.92 Å². The van der Waals surface area contributed by atoms with E-state index >= 15 is 0 Å². The van der Waals surface area contributed by atoms with E-state index in [0.717, 1.165) is 31.8 Å². The summed E-state index contributed by atoms with van der Waals surface area (Å²) in [6.45, 7) is 4.98. The van der Waals surface area contributed by atoms with Crippen LogP contribution in [0.15, 0.2) is 29.3 Å². The number of nitrogens with zero attached hydrogens (tertiary/aromatic N) is 3. The number of rotatable bonds is 4. The second kappa shape index (κ2) is 6.76. The first-order chi connectivity index (χ1) is 11.0. The highest BCUT2D eigenvalue weighted by atomic mass is 19.1. The molecule has 23 heavy (non-hydrogen) atoms. The molecule has 0 radical (unpaired) electrons. The van der Waals surface area contributed by atoms with Crippen LogP contribution in [-0.2, 0) is 6.54 Å². The summed E-state index contributed by atoms with van der Waals surface area (Å²) in [4.78, 5) is 18.7. The molecule has 1 aliphatic rings. The molecule has 1 saturated heterocycles. The summed E-state index contributed by atoms with van der Waals surface area (Å²) in [5.74, 6) is 0.331. The van der Waals surface area contributed by atoms with Gasteiger partial charge in [-0.05, 0) is 44.0 Å². The summed E-state index contributed by atoms with van der Waals surface area (Å²) in [7, 11) is 0. The molecule has 3 rings (SSSR count). The van der Waals surface area contributed by atoms with Crippen LogP contribution >= 0.6 is 0 Å². The van der Waals surface area contributed by atoms with E-state index in [1.807, 2.05) is 0 Å². The fourth-order valence-corrected chi connectivity index (χ4v) is 3.09. The van der Waals surface area contributed by atoms with E-state index in [1.165, 1.54) is 29.1 Å². The van der Waals surface area contributed by atoms with E-state index < -0.39 is 11.9 Å². The van der Waals surface area contributed by atoms with E-state index in [0.29, 0.717) is 17.4 Å². The van der Waals surface area contributed by atoms with Crippen molar-refractivity contribution in [3.63, 3.8) is 0 Å². The molecule has 1 N–H and O–H groups in total. The lowest BCUT2D eigenvalue weighted by Crippen LogP contribution is -2.40. The summed E-state index contributed by atoms with van der Waals surface area (Å²) in [6, 6.07) is 3.93. The number of aromatic nitrogens is 2. The van der Waals surface area contributed by atoms with Crippen molar-refractivity contribution in [2.45, 2.75) is 32.4 Å². The van der Waals surface area contributed by atoms with Crippen LogP contribution in [0.2, 0.25) is 0 Å². The fraction of sp³-hybridized carbons (Fsp3) is 0.529. The topological polar surface area (TPSA) is 58.4 Å². The number of aliphatic hydroxyl groups excluding tert-OH is 1. The summed E-state index contributed by atoms with van der Waals surface area (Å²) in [5, 5.41) is 10.6. The minimum absolute atomic E-state index is 0.200. The Morgan fingerprint density at radius 2 is 2.09 bits per heavy atom. The zero-order chi connectivity index (χ0) is 16.4. The minimum Gasteiger partial charge on any atom is -0.390 e. The van der Waals surface area contributed by atoms with E-state index in [-0.39, 0.29) is 12.1 Å². The van der Waals surface area contributed by atoms with Gasteiger partial charge >= 0.3 is 0 Å². The first-order valence-corrected chi connectivity index (χ1v) is 8.08. The second-order valence-electron chi connectivity index (χ2n) is 6.50. The highest BCUT2D eigenvalue weighted by Crippen LogP contribution is 2.16. The lowest BCUT2D eigenvalue weighted by Gasteiger charge is -2.31.